The van der Waals surface area contributed by atoms with Crippen LogP contribution in [0.4, 0.5) is 11.4 Å². The summed E-state index contributed by atoms with van der Waals surface area (Å²) in [6.45, 7) is 0. The van der Waals surface area contributed by atoms with Crippen LogP contribution in [0.1, 0.15) is 0 Å². The molecular formula is C11H8N2S. The Morgan fingerprint density at radius 3 is 2.93 bits per heavy atom. The lowest BCUT2D eigenvalue weighted by Gasteiger charge is -1.97. The van der Waals surface area contributed by atoms with E-state index in [-0.39, 0.29) is 0 Å². The second-order valence-corrected chi connectivity index (χ2v) is 4.14. The summed E-state index contributed by atoms with van der Waals surface area (Å²) in [4.78, 5) is 9.00. The summed E-state index contributed by atoms with van der Waals surface area (Å²) in [5.74, 6) is 1.02. The standard InChI is InChI=1S/C11H8N2S/c1-2-4-10-9(3-1)12-7-8-5-6-14-11(8)13-10/h1-5,7H,6H2. The minimum Gasteiger partial charge on any atom is -0.254 e. The summed E-state index contributed by atoms with van der Waals surface area (Å²) in [6.07, 6.45) is 4.07. The van der Waals surface area contributed by atoms with Crippen LogP contribution in [-0.4, -0.2) is 17.0 Å². The fourth-order valence-corrected chi connectivity index (χ4v) is 2.39. The lowest BCUT2D eigenvalue weighted by atomic mass is 10.3. The third-order valence-corrected chi connectivity index (χ3v) is 3.15. The van der Waals surface area contributed by atoms with Crippen LogP contribution in [0.15, 0.2) is 45.9 Å². The smallest absolute Gasteiger partial charge is 0.106 e. The monoisotopic (exact) mass is 200 g/mol. The van der Waals surface area contributed by atoms with E-state index >= 15 is 0 Å². The number of thioether (sulfide) groups is 1. The molecule has 2 aliphatic rings. The molecule has 1 aromatic rings. The lowest BCUT2D eigenvalue weighted by molar-refractivity contribution is 1.48. The van der Waals surface area contributed by atoms with Gasteiger partial charge in [0.25, 0.3) is 0 Å². The summed E-state index contributed by atoms with van der Waals surface area (Å²) < 4.78 is 0. The number of fused-ring (bicyclic) bond motifs is 2. The molecule has 0 saturated heterocycles. The predicted octanol–water partition coefficient (Wildman–Crippen LogP) is 3.11. The summed E-state index contributed by atoms with van der Waals surface area (Å²) in [5, 5.41) is 1.10. The van der Waals surface area contributed by atoms with E-state index in [4.69, 9.17) is 0 Å². The molecule has 0 amide bonds. The molecule has 2 aliphatic heterocycles. The summed E-state index contributed by atoms with van der Waals surface area (Å²) in [6, 6.07) is 7.97. The number of hydrogen-bond acceptors (Lipinski definition) is 3. The number of hydrogen-bond donors (Lipinski definition) is 0. The highest BCUT2D eigenvalue weighted by Gasteiger charge is 2.15. The molecule has 2 heterocycles. The van der Waals surface area contributed by atoms with Crippen molar-refractivity contribution in [2.75, 3.05) is 5.75 Å². The molecule has 3 rings (SSSR count). The molecule has 0 bridgehead atoms. The highest BCUT2D eigenvalue weighted by atomic mass is 32.2. The maximum atomic E-state index is 4.59. The van der Waals surface area contributed by atoms with E-state index in [0.717, 1.165) is 27.7 Å². The SMILES string of the molecule is C1=Nc2ccccc2N=C2SCC=C12. The molecule has 0 fully saturated rings. The van der Waals surface area contributed by atoms with Gasteiger partial charge in [-0.1, -0.05) is 18.2 Å². The van der Waals surface area contributed by atoms with E-state index in [2.05, 4.69) is 16.1 Å². The lowest BCUT2D eigenvalue weighted by Crippen LogP contribution is -1.90. The first-order valence-corrected chi connectivity index (χ1v) is 5.47. The van der Waals surface area contributed by atoms with E-state index < -0.39 is 0 Å². The van der Waals surface area contributed by atoms with Crippen molar-refractivity contribution in [2.24, 2.45) is 9.98 Å². The van der Waals surface area contributed by atoms with E-state index in [1.807, 2.05) is 30.5 Å². The third-order valence-electron chi connectivity index (χ3n) is 2.22. The normalized spacial score (nSPS) is 18.0. The van der Waals surface area contributed by atoms with Crippen LogP contribution in [0.5, 0.6) is 0 Å². The molecule has 0 spiro atoms. The number of nitrogens with zero attached hydrogens (tertiary/aromatic N) is 2. The minimum atomic E-state index is 0.955. The fraction of sp³-hybridized carbons (Fsp3) is 0.0909. The number of rotatable bonds is 0. The van der Waals surface area contributed by atoms with Gasteiger partial charge in [-0.25, -0.2) is 4.99 Å². The molecule has 1 aromatic carbocycles. The van der Waals surface area contributed by atoms with Gasteiger partial charge in [-0.3, -0.25) is 4.99 Å². The van der Waals surface area contributed by atoms with Crippen LogP contribution in [0, 0.1) is 0 Å². The average molecular weight is 200 g/mol. The maximum Gasteiger partial charge on any atom is 0.106 e. The molecular weight excluding hydrogens is 192 g/mol. The van der Waals surface area contributed by atoms with Gasteiger partial charge in [0.05, 0.1) is 11.4 Å². The van der Waals surface area contributed by atoms with Gasteiger partial charge < -0.3 is 0 Å². The van der Waals surface area contributed by atoms with Crippen molar-refractivity contribution in [3.05, 3.63) is 35.9 Å². The van der Waals surface area contributed by atoms with Gasteiger partial charge in [-0.2, -0.15) is 0 Å². The second-order valence-electron chi connectivity index (χ2n) is 3.13. The Morgan fingerprint density at radius 1 is 1.14 bits per heavy atom. The highest BCUT2D eigenvalue weighted by Crippen LogP contribution is 2.33. The molecule has 3 heteroatoms. The average Bonchev–Trinajstić information content (AvgIpc) is 2.58. The zero-order valence-corrected chi connectivity index (χ0v) is 8.29. The zero-order chi connectivity index (χ0) is 9.38. The van der Waals surface area contributed by atoms with Crippen LogP contribution in [0.3, 0.4) is 0 Å². The van der Waals surface area contributed by atoms with Crippen LogP contribution in [-0.2, 0) is 0 Å². The number of para-hydroxylation sites is 2. The van der Waals surface area contributed by atoms with E-state index in [9.17, 15) is 0 Å². The quantitative estimate of drug-likeness (QED) is 0.631. The van der Waals surface area contributed by atoms with Crippen molar-refractivity contribution in [3.8, 4) is 0 Å². The Morgan fingerprint density at radius 2 is 2.00 bits per heavy atom. The van der Waals surface area contributed by atoms with E-state index in [1.165, 1.54) is 0 Å². The minimum absolute atomic E-state index is 0.955. The van der Waals surface area contributed by atoms with Crippen molar-refractivity contribution in [2.45, 2.75) is 0 Å². The Labute approximate surface area is 86.5 Å². The van der Waals surface area contributed by atoms with Crippen molar-refractivity contribution in [1.29, 1.82) is 0 Å². The molecule has 0 aliphatic carbocycles. The maximum absolute atomic E-state index is 4.59. The Bertz CT molecular complexity index is 472. The molecule has 0 unspecified atom stereocenters. The Balaban J connectivity index is 2.22. The van der Waals surface area contributed by atoms with Crippen molar-refractivity contribution in [1.82, 2.24) is 0 Å². The molecule has 0 N–H and O–H groups in total. The molecule has 0 saturated carbocycles. The van der Waals surface area contributed by atoms with E-state index in [0.29, 0.717) is 0 Å². The number of benzene rings is 1. The predicted molar refractivity (Wildman–Crippen MR) is 62.2 cm³/mol. The molecule has 0 aromatic heterocycles. The summed E-state index contributed by atoms with van der Waals surface area (Å²) >= 11 is 1.77. The fourth-order valence-electron chi connectivity index (χ4n) is 1.50. The van der Waals surface area contributed by atoms with Crippen LogP contribution in [0.2, 0.25) is 0 Å². The first kappa shape index (κ1) is 8.00. The topological polar surface area (TPSA) is 24.7 Å². The van der Waals surface area contributed by atoms with Gasteiger partial charge in [0.2, 0.25) is 0 Å². The zero-order valence-electron chi connectivity index (χ0n) is 7.47. The summed E-state index contributed by atoms with van der Waals surface area (Å²) in [5.41, 5.74) is 3.08. The van der Waals surface area contributed by atoms with Gasteiger partial charge in [0.1, 0.15) is 5.04 Å². The summed E-state index contributed by atoms with van der Waals surface area (Å²) in [7, 11) is 0. The first-order chi connectivity index (χ1) is 6.93. The molecule has 0 radical (unpaired) electrons. The van der Waals surface area contributed by atoms with E-state index in [1.54, 1.807) is 11.8 Å². The van der Waals surface area contributed by atoms with Gasteiger partial charge in [0.15, 0.2) is 0 Å². The van der Waals surface area contributed by atoms with Gasteiger partial charge in [-0.15, -0.1) is 11.8 Å². The Hall–Kier alpha value is -1.35. The molecule has 14 heavy (non-hydrogen) atoms. The van der Waals surface area contributed by atoms with Crippen molar-refractivity contribution in [3.63, 3.8) is 0 Å². The van der Waals surface area contributed by atoms with Gasteiger partial charge in [0, 0.05) is 17.5 Å². The van der Waals surface area contributed by atoms with Gasteiger partial charge >= 0.3 is 0 Å². The number of aliphatic imine (C=N–C) groups is 2. The second kappa shape index (κ2) is 3.10. The largest absolute Gasteiger partial charge is 0.254 e. The van der Waals surface area contributed by atoms with Crippen molar-refractivity contribution < 1.29 is 0 Å². The first-order valence-electron chi connectivity index (χ1n) is 4.48. The van der Waals surface area contributed by atoms with Crippen LogP contribution >= 0.6 is 11.8 Å². The van der Waals surface area contributed by atoms with Crippen LogP contribution in [0.25, 0.3) is 0 Å². The molecule has 0 atom stereocenters. The molecule has 68 valence electrons. The highest BCUT2D eigenvalue weighted by molar-refractivity contribution is 8.15. The van der Waals surface area contributed by atoms with Crippen LogP contribution < -0.4 is 0 Å². The third kappa shape index (κ3) is 1.21. The Kier molecular flexibility index (Phi) is 1.77. The van der Waals surface area contributed by atoms with Crippen molar-refractivity contribution >= 4 is 34.4 Å². The molecule has 2 nitrogen and oxygen atoms in total. The van der Waals surface area contributed by atoms with Gasteiger partial charge in [-0.05, 0) is 12.1 Å².